The van der Waals surface area contributed by atoms with Crippen LogP contribution in [0, 0.1) is 0 Å². The molecule has 1 amide bonds. The molecule has 2 heterocycles. The van der Waals surface area contributed by atoms with E-state index in [4.69, 9.17) is 4.74 Å². The second kappa shape index (κ2) is 4.18. The van der Waals surface area contributed by atoms with Gasteiger partial charge in [0.2, 0.25) is 0 Å². The lowest BCUT2D eigenvalue weighted by Crippen LogP contribution is -2.32. The second-order valence-corrected chi connectivity index (χ2v) is 3.94. The molecule has 0 aromatic heterocycles. The first kappa shape index (κ1) is 12.2. The second-order valence-electron chi connectivity index (χ2n) is 3.94. The molecule has 0 fully saturated rings. The van der Waals surface area contributed by atoms with Crippen LogP contribution >= 0.6 is 0 Å². The number of rotatable bonds is 3. The summed E-state index contributed by atoms with van der Waals surface area (Å²) in [7, 11) is 0. The average molecular weight is 247 g/mol. The van der Waals surface area contributed by atoms with Crippen LogP contribution in [0.25, 0.3) is 0 Å². The highest BCUT2D eigenvalue weighted by Crippen LogP contribution is 2.43. The molecular weight excluding hydrogens is 235 g/mol. The molecule has 2 aliphatic heterocycles. The summed E-state index contributed by atoms with van der Waals surface area (Å²) in [5, 5.41) is 2.45. The maximum atomic E-state index is 12.8. The minimum Gasteiger partial charge on any atom is -0.357 e. The lowest BCUT2D eigenvalue weighted by molar-refractivity contribution is -0.119. The predicted molar refractivity (Wildman–Crippen MR) is 54.2 cm³/mol. The fourth-order valence-corrected chi connectivity index (χ4v) is 1.98. The molecule has 0 spiro atoms. The molecule has 6 heteroatoms. The van der Waals surface area contributed by atoms with Crippen molar-refractivity contribution >= 4 is 5.91 Å². The van der Waals surface area contributed by atoms with Crippen LogP contribution in [0.2, 0.25) is 0 Å². The van der Waals surface area contributed by atoms with E-state index in [0.29, 0.717) is 13.0 Å². The van der Waals surface area contributed by atoms with Gasteiger partial charge in [-0.25, -0.2) is 0 Å². The molecule has 0 aliphatic carbocycles. The zero-order chi connectivity index (χ0) is 12.6. The fraction of sp³-hybridized carbons (Fsp3) is 0.545. The van der Waals surface area contributed by atoms with Crippen LogP contribution in [0.4, 0.5) is 13.2 Å². The standard InChI is InChI=1S/C11H12F3NO2/c1-2-5-15-10(16)8-6-3-4-7(17-6)9(8)11(12,13)14/h3-4,6-7H,2,5H2,1H3,(H,15,16). The quantitative estimate of drug-likeness (QED) is 0.771. The van der Waals surface area contributed by atoms with Crippen molar-refractivity contribution in [3.05, 3.63) is 23.3 Å². The lowest BCUT2D eigenvalue weighted by atomic mass is 9.96. The van der Waals surface area contributed by atoms with Crippen molar-refractivity contribution in [2.24, 2.45) is 0 Å². The molecule has 2 bridgehead atoms. The van der Waals surface area contributed by atoms with Gasteiger partial charge in [-0.05, 0) is 6.42 Å². The smallest absolute Gasteiger partial charge is 0.357 e. The maximum Gasteiger partial charge on any atom is 0.416 e. The summed E-state index contributed by atoms with van der Waals surface area (Å²) in [6.07, 6.45) is -3.00. The van der Waals surface area contributed by atoms with Crippen molar-refractivity contribution in [3.63, 3.8) is 0 Å². The molecule has 2 aliphatic rings. The third-order valence-corrected chi connectivity index (χ3v) is 2.70. The van der Waals surface area contributed by atoms with Gasteiger partial charge in [-0.2, -0.15) is 13.2 Å². The van der Waals surface area contributed by atoms with Gasteiger partial charge in [0.1, 0.15) is 12.2 Å². The molecule has 3 nitrogen and oxygen atoms in total. The van der Waals surface area contributed by atoms with Crippen LogP contribution < -0.4 is 5.32 Å². The molecule has 0 aromatic carbocycles. The Labute approximate surface area is 96.3 Å². The van der Waals surface area contributed by atoms with Crippen molar-refractivity contribution in [2.75, 3.05) is 6.54 Å². The van der Waals surface area contributed by atoms with Gasteiger partial charge in [0.05, 0.1) is 11.1 Å². The molecule has 17 heavy (non-hydrogen) atoms. The number of hydrogen-bond acceptors (Lipinski definition) is 2. The molecule has 0 aromatic rings. The lowest BCUT2D eigenvalue weighted by Gasteiger charge is -2.15. The van der Waals surface area contributed by atoms with E-state index in [9.17, 15) is 18.0 Å². The zero-order valence-corrected chi connectivity index (χ0v) is 9.17. The van der Waals surface area contributed by atoms with E-state index in [1.165, 1.54) is 12.2 Å². The summed E-state index contributed by atoms with van der Waals surface area (Å²) in [5.74, 6) is -0.684. The van der Waals surface area contributed by atoms with E-state index >= 15 is 0 Å². The Morgan fingerprint density at radius 3 is 2.65 bits per heavy atom. The van der Waals surface area contributed by atoms with Crippen LogP contribution in [-0.4, -0.2) is 30.8 Å². The normalized spacial score (nSPS) is 26.8. The number of fused-ring (bicyclic) bond motifs is 2. The molecule has 94 valence electrons. The molecule has 2 unspecified atom stereocenters. The predicted octanol–water partition coefficient (Wildman–Crippen LogP) is 1.71. The van der Waals surface area contributed by atoms with Crippen molar-refractivity contribution in [3.8, 4) is 0 Å². The Morgan fingerprint density at radius 2 is 2.06 bits per heavy atom. The van der Waals surface area contributed by atoms with Gasteiger partial charge in [-0.1, -0.05) is 19.1 Å². The van der Waals surface area contributed by atoms with Crippen LogP contribution in [0.1, 0.15) is 13.3 Å². The number of nitrogens with one attached hydrogen (secondary N) is 1. The molecule has 0 radical (unpaired) electrons. The minimum absolute atomic E-state index is 0.293. The first-order chi connectivity index (χ1) is 7.95. The molecular formula is C11H12F3NO2. The SMILES string of the molecule is CCCNC(=O)C1=C(C(F)(F)F)C2C=CC1O2. The Kier molecular flexibility index (Phi) is 2.99. The summed E-state index contributed by atoms with van der Waals surface area (Å²) in [6.45, 7) is 2.19. The van der Waals surface area contributed by atoms with Gasteiger partial charge in [0, 0.05) is 6.54 Å². The molecule has 1 N–H and O–H groups in total. The van der Waals surface area contributed by atoms with E-state index in [1.54, 1.807) is 0 Å². The number of ether oxygens (including phenoxy) is 1. The van der Waals surface area contributed by atoms with E-state index in [2.05, 4.69) is 5.32 Å². The minimum atomic E-state index is -4.52. The number of alkyl halides is 3. The van der Waals surface area contributed by atoms with Crippen molar-refractivity contribution in [2.45, 2.75) is 31.7 Å². The van der Waals surface area contributed by atoms with Crippen LogP contribution in [0.3, 0.4) is 0 Å². The number of hydrogen-bond donors (Lipinski definition) is 1. The van der Waals surface area contributed by atoms with Gasteiger partial charge in [-0.15, -0.1) is 0 Å². The maximum absolute atomic E-state index is 12.8. The summed E-state index contributed by atoms with van der Waals surface area (Å²) in [6, 6.07) is 0. The summed E-state index contributed by atoms with van der Waals surface area (Å²) >= 11 is 0. The van der Waals surface area contributed by atoms with E-state index in [0.717, 1.165) is 0 Å². The highest BCUT2D eigenvalue weighted by atomic mass is 19.4. The number of halogens is 3. The number of amides is 1. The summed E-state index contributed by atoms with van der Waals surface area (Å²) in [5.41, 5.74) is -1.16. The van der Waals surface area contributed by atoms with Gasteiger partial charge in [-0.3, -0.25) is 4.79 Å². The van der Waals surface area contributed by atoms with E-state index in [1.807, 2.05) is 6.92 Å². The Bertz CT molecular complexity index is 398. The van der Waals surface area contributed by atoms with Crippen molar-refractivity contribution in [1.29, 1.82) is 0 Å². The van der Waals surface area contributed by atoms with Gasteiger partial charge < -0.3 is 10.1 Å². The van der Waals surface area contributed by atoms with Crippen LogP contribution in [0.15, 0.2) is 23.3 Å². The zero-order valence-electron chi connectivity index (χ0n) is 9.17. The summed E-state index contributed by atoms with van der Waals surface area (Å²) < 4.78 is 43.5. The number of carbonyl (C=O) groups is 1. The van der Waals surface area contributed by atoms with Gasteiger partial charge >= 0.3 is 6.18 Å². The topological polar surface area (TPSA) is 38.3 Å². The summed E-state index contributed by atoms with van der Waals surface area (Å²) in [4.78, 5) is 11.7. The van der Waals surface area contributed by atoms with Gasteiger partial charge in [0.15, 0.2) is 0 Å². The highest BCUT2D eigenvalue weighted by Gasteiger charge is 2.51. The van der Waals surface area contributed by atoms with Crippen LogP contribution in [0.5, 0.6) is 0 Å². The van der Waals surface area contributed by atoms with E-state index < -0.39 is 29.9 Å². The Morgan fingerprint density at radius 1 is 1.41 bits per heavy atom. The molecule has 0 saturated carbocycles. The van der Waals surface area contributed by atoms with Crippen LogP contribution in [-0.2, 0) is 9.53 Å². The monoisotopic (exact) mass is 247 g/mol. The highest BCUT2D eigenvalue weighted by molar-refractivity contribution is 5.97. The van der Waals surface area contributed by atoms with E-state index in [-0.39, 0.29) is 5.57 Å². The van der Waals surface area contributed by atoms with Crippen molar-refractivity contribution in [1.82, 2.24) is 5.32 Å². The third kappa shape index (κ3) is 2.09. The Balaban J connectivity index is 2.28. The Hall–Kier alpha value is -1.30. The average Bonchev–Trinajstić information content (AvgIpc) is 2.83. The largest absolute Gasteiger partial charge is 0.416 e. The molecule has 2 atom stereocenters. The molecule has 0 saturated heterocycles. The van der Waals surface area contributed by atoms with Gasteiger partial charge in [0.25, 0.3) is 5.91 Å². The first-order valence-electron chi connectivity index (χ1n) is 5.38. The third-order valence-electron chi connectivity index (χ3n) is 2.70. The molecule has 2 rings (SSSR count). The van der Waals surface area contributed by atoms with Crippen molar-refractivity contribution < 1.29 is 22.7 Å². The fourth-order valence-electron chi connectivity index (χ4n) is 1.98. The first-order valence-corrected chi connectivity index (χ1v) is 5.38. The number of carbonyl (C=O) groups excluding carboxylic acids is 1.